The van der Waals surface area contributed by atoms with Crippen LogP contribution in [0.1, 0.15) is 38.2 Å². The molecule has 1 aliphatic heterocycles. The summed E-state index contributed by atoms with van der Waals surface area (Å²) >= 11 is 0. The number of hydrogen-bond acceptors (Lipinski definition) is 1. The van der Waals surface area contributed by atoms with Crippen LogP contribution in [0.5, 0.6) is 0 Å². The largest absolute Gasteiger partial charge is 0.377 e. The van der Waals surface area contributed by atoms with Crippen LogP contribution in [0.15, 0.2) is 41.3 Å². The average Bonchev–Trinajstić information content (AvgIpc) is 3.05. The Morgan fingerprint density at radius 3 is 2.57 bits per heavy atom. The van der Waals surface area contributed by atoms with Crippen LogP contribution in [-0.2, 0) is 22.2 Å². The van der Waals surface area contributed by atoms with E-state index < -0.39 is 0 Å². The summed E-state index contributed by atoms with van der Waals surface area (Å²) in [5.41, 5.74) is 1.34. The molecule has 21 heavy (non-hydrogen) atoms. The summed E-state index contributed by atoms with van der Waals surface area (Å²) < 4.78 is 5.84. The molecule has 1 nitrogen and oxygen atoms in total. The van der Waals surface area contributed by atoms with Gasteiger partial charge < -0.3 is 4.74 Å². The highest BCUT2D eigenvalue weighted by molar-refractivity contribution is 7.97. The summed E-state index contributed by atoms with van der Waals surface area (Å²) in [4.78, 5) is 1.58. The van der Waals surface area contributed by atoms with E-state index in [2.05, 4.69) is 43.3 Å². The van der Waals surface area contributed by atoms with Gasteiger partial charge in [0.2, 0.25) is 0 Å². The van der Waals surface area contributed by atoms with Gasteiger partial charge in [0.05, 0.1) is 6.61 Å². The van der Waals surface area contributed by atoms with Crippen molar-refractivity contribution in [3.8, 4) is 0 Å². The van der Waals surface area contributed by atoms with Gasteiger partial charge in [-0.05, 0) is 42.3 Å². The molecule has 1 fully saturated rings. The lowest BCUT2D eigenvalue weighted by molar-refractivity contribution is 0.119. The maximum absolute atomic E-state index is 5.84. The highest BCUT2D eigenvalue weighted by Crippen LogP contribution is 2.31. The van der Waals surface area contributed by atoms with E-state index in [-0.39, 0.29) is 0 Å². The van der Waals surface area contributed by atoms with E-state index in [0.717, 1.165) is 19.6 Å². The fourth-order valence-corrected chi connectivity index (χ4v) is 5.54. The summed E-state index contributed by atoms with van der Waals surface area (Å²) in [6.07, 6.45) is 5.15. The summed E-state index contributed by atoms with van der Waals surface area (Å²) in [5.74, 6) is 2.77. The smallest absolute Gasteiger partial charge is 0.162 e. The second-order valence-electron chi connectivity index (χ2n) is 5.78. The molecule has 112 valence electrons. The lowest BCUT2D eigenvalue weighted by Gasteiger charge is -2.10. The Bertz CT molecular complexity index is 587. The van der Waals surface area contributed by atoms with Gasteiger partial charge >= 0.3 is 0 Å². The minimum absolute atomic E-state index is 0.477. The fourth-order valence-electron chi connectivity index (χ4n) is 3.03. The molecule has 1 heterocycles. The topological polar surface area (TPSA) is 9.23 Å². The van der Waals surface area contributed by atoms with Crippen LogP contribution in [0.25, 0.3) is 10.8 Å². The minimum Gasteiger partial charge on any atom is -0.377 e. The van der Waals surface area contributed by atoms with Crippen molar-refractivity contribution in [1.82, 2.24) is 0 Å². The molecule has 0 N–H and O–H groups in total. The van der Waals surface area contributed by atoms with Crippen LogP contribution in [0.4, 0.5) is 0 Å². The molecule has 1 saturated heterocycles. The second kappa shape index (κ2) is 7.33. The third-order valence-corrected chi connectivity index (χ3v) is 6.76. The summed E-state index contributed by atoms with van der Waals surface area (Å²) in [6.45, 7) is 3.82. The summed E-state index contributed by atoms with van der Waals surface area (Å²) in [5, 5.41) is 2.85. The lowest BCUT2D eigenvalue weighted by Crippen LogP contribution is -2.05. The molecule has 2 heteroatoms. The first-order valence-corrected chi connectivity index (χ1v) is 9.72. The molecule has 2 aromatic rings. The second-order valence-corrected chi connectivity index (χ2v) is 8.02. The molecule has 0 saturated carbocycles. The van der Waals surface area contributed by atoms with Crippen molar-refractivity contribution in [2.75, 3.05) is 18.1 Å². The number of rotatable bonds is 6. The van der Waals surface area contributed by atoms with E-state index >= 15 is 0 Å². The Morgan fingerprint density at radius 1 is 1.00 bits per heavy atom. The molecule has 0 amide bonds. The van der Waals surface area contributed by atoms with Gasteiger partial charge in [0.15, 0.2) is 4.90 Å². The maximum atomic E-state index is 5.84. The predicted octanol–water partition coefficient (Wildman–Crippen LogP) is 4.93. The van der Waals surface area contributed by atoms with E-state index in [0.29, 0.717) is 10.9 Å². The van der Waals surface area contributed by atoms with E-state index in [4.69, 9.17) is 4.74 Å². The first kappa shape index (κ1) is 14.9. The summed E-state index contributed by atoms with van der Waals surface area (Å²) in [7, 11) is 0.477. The van der Waals surface area contributed by atoms with Gasteiger partial charge in [-0.2, -0.15) is 0 Å². The SMILES string of the molecule is CCCCOCc1cccc2c([S+]3CCCC3)cccc12. The Kier molecular flexibility index (Phi) is 5.21. The summed E-state index contributed by atoms with van der Waals surface area (Å²) in [6, 6.07) is 13.6. The van der Waals surface area contributed by atoms with Gasteiger partial charge in [-0.3, -0.25) is 0 Å². The van der Waals surface area contributed by atoms with Gasteiger partial charge in [0, 0.05) is 22.9 Å². The van der Waals surface area contributed by atoms with E-state index in [1.54, 1.807) is 4.90 Å². The number of benzene rings is 2. The molecule has 2 aromatic carbocycles. The van der Waals surface area contributed by atoms with Crippen molar-refractivity contribution in [3.63, 3.8) is 0 Å². The highest BCUT2D eigenvalue weighted by Gasteiger charge is 2.28. The normalized spacial score (nSPS) is 15.9. The number of hydrogen-bond donors (Lipinski definition) is 0. The van der Waals surface area contributed by atoms with Gasteiger partial charge in [0.25, 0.3) is 0 Å². The predicted molar refractivity (Wildman–Crippen MR) is 93.1 cm³/mol. The highest BCUT2D eigenvalue weighted by atomic mass is 32.2. The molecule has 0 aliphatic carbocycles. The van der Waals surface area contributed by atoms with Crippen LogP contribution < -0.4 is 0 Å². The molecule has 0 aromatic heterocycles. The Hall–Kier alpha value is -0.990. The number of unbranched alkanes of at least 4 members (excludes halogenated alkanes) is 1. The molecular formula is C19H25OS+. The zero-order valence-corrected chi connectivity index (χ0v) is 13.8. The van der Waals surface area contributed by atoms with Crippen molar-refractivity contribution in [2.45, 2.75) is 44.1 Å². The van der Waals surface area contributed by atoms with Crippen molar-refractivity contribution < 1.29 is 4.74 Å². The number of fused-ring (bicyclic) bond motifs is 1. The third kappa shape index (κ3) is 3.44. The standard InChI is InChI=1S/C19H25OS/c1-2-3-12-20-15-16-8-6-10-18-17(16)9-7-11-19(18)21-13-4-5-14-21/h6-11H,2-5,12-15H2,1H3/q+1. The Morgan fingerprint density at radius 2 is 1.76 bits per heavy atom. The minimum atomic E-state index is 0.477. The monoisotopic (exact) mass is 301 g/mol. The first-order chi connectivity index (χ1) is 10.4. The average molecular weight is 301 g/mol. The zero-order valence-electron chi connectivity index (χ0n) is 12.9. The van der Waals surface area contributed by atoms with Crippen molar-refractivity contribution in [2.24, 2.45) is 0 Å². The Balaban J connectivity index is 1.86. The van der Waals surface area contributed by atoms with Crippen molar-refractivity contribution >= 4 is 21.7 Å². The first-order valence-electron chi connectivity index (χ1n) is 8.16. The lowest BCUT2D eigenvalue weighted by atomic mass is 10.1. The molecule has 0 unspecified atom stereocenters. The van der Waals surface area contributed by atoms with Gasteiger partial charge in [0.1, 0.15) is 11.5 Å². The van der Waals surface area contributed by atoms with E-state index in [1.165, 1.54) is 47.1 Å². The third-order valence-electron chi connectivity index (χ3n) is 4.21. The van der Waals surface area contributed by atoms with Crippen LogP contribution in [0.2, 0.25) is 0 Å². The van der Waals surface area contributed by atoms with Gasteiger partial charge in [-0.15, -0.1) is 0 Å². The van der Waals surface area contributed by atoms with E-state index in [9.17, 15) is 0 Å². The molecule has 0 atom stereocenters. The van der Waals surface area contributed by atoms with Crippen molar-refractivity contribution in [1.29, 1.82) is 0 Å². The van der Waals surface area contributed by atoms with Crippen LogP contribution in [-0.4, -0.2) is 18.1 Å². The maximum Gasteiger partial charge on any atom is 0.162 e. The molecule has 1 aliphatic rings. The van der Waals surface area contributed by atoms with Crippen molar-refractivity contribution in [3.05, 3.63) is 42.0 Å². The van der Waals surface area contributed by atoms with E-state index in [1.807, 2.05) is 0 Å². The van der Waals surface area contributed by atoms with Crippen LogP contribution in [0.3, 0.4) is 0 Å². The molecular weight excluding hydrogens is 276 g/mol. The molecule has 0 spiro atoms. The molecule has 0 radical (unpaired) electrons. The zero-order chi connectivity index (χ0) is 14.5. The molecule has 3 rings (SSSR count). The quantitative estimate of drug-likeness (QED) is 0.543. The number of ether oxygens (including phenoxy) is 1. The fraction of sp³-hybridized carbons (Fsp3) is 0.474. The van der Waals surface area contributed by atoms with Gasteiger partial charge in [-0.1, -0.05) is 37.6 Å². The van der Waals surface area contributed by atoms with Crippen LogP contribution >= 0.6 is 0 Å². The van der Waals surface area contributed by atoms with Crippen LogP contribution in [0, 0.1) is 0 Å². The molecule has 0 bridgehead atoms. The van der Waals surface area contributed by atoms with Gasteiger partial charge in [-0.25, -0.2) is 0 Å². The Labute approximate surface area is 131 Å².